The minimum absolute atomic E-state index is 0.0951. The van der Waals surface area contributed by atoms with Gasteiger partial charge in [-0.15, -0.1) is 11.3 Å². The average Bonchev–Trinajstić information content (AvgIpc) is 3.17. The van der Waals surface area contributed by atoms with E-state index in [4.69, 9.17) is 4.74 Å². The first kappa shape index (κ1) is 21.9. The molecule has 0 aliphatic rings. The fraction of sp³-hybridized carbons (Fsp3) is 0.192. The molecule has 0 atom stereocenters. The second kappa shape index (κ2) is 9.42. The van der Waals surface area contributed by atoms with E-state index in [1.807, 2.05) is 19.2 Å². The number of carbonyl (C=O) groups is 1. The van der Waals surface area contributed by atoms with E-state index < -0.39 is 0 Å². The minimum atomic E-state index is -0.0951. The number of carbonyl (C=O) groups excluding carboxylic acids is 1. The van der Waals surface area contributed by atoms with E-state index in [2.05, 4.69) is 11.8 Å². The standard InChI is InChI=1S/C26H25NO4S/c1-3-27(2)14-15-31-21-11-6-17(7-12-21)25(30)24-22-13-10-20(29)16-23(22)32-26(24)18-4-8-19(28)9-5-18/h4-13,16,28-29H,3,14-15H2,1-2H3. The summed E-state index contributed by atoms with van der Waals surface area (Å²) in [5, 5.41) is 20.4. The van der Waals surface area contributed by atoms with Gasteiger partial charge in [0.25, 0.3) is 0 Å². The van der Waals surface area contributed by atoms with Crippen LogP contribution >= 0.6 is 11.3 Å². The maximum absolute atomic E-state index is 13.6. The number of aromatic hydroxyl groups is 2. The topological polar surface area (TPSA) is 70.0 Å². The van der Waals surface area contributed by atoms with Crippen molar-refractivity contribution in [2.45, 2.75) is 6.92 Å². The first-order chi connectivity index (χ1) is 15.5. The zero-order chi connectivity index (χ0) is 22.7. The fourth-order valence-corrected chi connectivity index (χ4v) is 4.69. The molecular formula is C26H25NO4S. The smallest absolute Gasteiger partial charge is 0.195 e. The third kappa shape index (κ3) is 4.61. The van der Waals surface area contributed by atoms with Crippen molar-refractivity contribution in [1.29, 1.82) is 0 Å². The van der Waals surface area contributed by atoms with Crippen molar-refractivity contribution >= 4 is 27.2 Å². The van der Waals surface area contributed by atoms with E-state index in [-0.39, 0.29) is 17.3 Å². The lowest BCUT2D eigenvalue weighted by atomic mass is 9.97. The normalized spacial score (nSPS) is 11.2. The van der Waals surface area contributed by atoms with E-state index >= 15 is 0 Å². The minimum Gasteiger partial charge on any atom is -0.508 e. The number of hydrogen-bond acceptors (Lipinski definition) is 6. The summed E-state index contributed by atoms with van der Waals surface area (Å²) in [7, 11) is 2.04. The van der Waals surface area contributed by atoms with Crippen LogP contribution in [0.25, 0.3) is 20.5 Å². The molecule has 4 aromatic rings. The summed E-state index contributed by atoms with van der Waals surface area (Å²) in [6, 6.07) is 19.0. The van der Waals surface area contributed by atoms with Crippen LogP contribution in [0.15, 0.2) is 66.7 Å². The third-order valence-electron chi connectivity index (χ3n) is 5.43. The maximum Gasteiger partial charge on any atom is 0.195 e. The molecule has 0 unspecified atom stereocenters. The molecule has 0 aliphatic carbocycles. The Hall–Kier alpha value is -3.35. The van der Waals surface area contributed by atoms with E-state index in [1.165, 1.54) is 11.3 Å². The zero-order valence-electron chi connectivity index (χ0n) is 18.0. The van der Waals surface area contributed by atoms with E-state index in [1.54, 1.807) is 54.6 Å². The monoisotopic (exact) mass is 447 g/mol. The van der Waals surface area contributed by atoms with Crippen LogP contribution in [0.5, 0.6) is 17.2 Å². The molecule has 0 fully saturated rings. The Balaban J connectivity index is 1.67. The lowest BCUT2D eigenvalue weighted by molar-refractivity contribution is 0.104. The number of fused-ring (bicyclic) bond motifs is 1. The number of benzene rings is 3. The lowest BCUT2D eigenvalue weighted by Gasteiger charge is -2.14. The van der Waals surface area contributed by atoms with Crippen molar-refractivity contribution in [3.05, 3.63) is 77.9 Å². The molecule has 2 N–H and O–H groups in total. The van der Waals surface area contributed by atoms with Crippen molar-refractivity contribution < 1.29 is 19.7 Å². The number of hydrogen-bond donors (Lipinski definition) is 2. The Morgan fingerprint density at radius 1 is 0.969 bits per heavy atom. The summed E-state index contributed by atoms with van der Waals surface area (Å²) in [6.07, 6.45) is 0. The molecule has 6 heteroatoms. The number of rotatable bonds is 8. The Morgan fingerprint density at radius 3 is 2.34 bits per heavy atom. The van der Waals surface area contributed by atoms with Gasteiger partial charge in [0.2, 0.25) is 0 Å². The molecule has 0 saturated carbocycles. The number of likely N-dealkylation sites (N-methyl/N-ethyl adjacent to an activating group) is 1. The fourth-order valence-electron chi connectivity index (χ4n) is 3.45. The predicted octanol–water partition coefficient (Wildman–Crippen LogP) is 5.54. The van der Waals surface area contributed by atoms with Crippen LogP contribution in [0.3, 0.4) is 0 Å². The molecule has 0 saturated heterocycles. The van der Waals surface area contributed by atoms with E-state index in [9.17, 15) is 15.0 Å². The molecule has 0 aliphatic heterocycles. The highest BCUT2D eigenvalue weighted by Crippen LogP contribution is 2.41. The van der Waals surface area contributed by atoms with Gasteiger partial charge in [0, 0.05) is 32.6 Å². The zero-order valence-corrected chi connectivity index (χ0v) is 18.9. The van der Waals surface area contributed by atoms with Crippen molar-refractivity contribution in [2.24, 2.45) is 0 Å². The van der Waals surface area contributed by atoms with Gasteiger partial charge in [-0.2, -0.15) is 0 Å². The molecule has 4 rings (SSSR count). The number of thiophene rings is 1. The summed E-state index contributed by atoms with van der Waals surface area (Å²) in [5.41, 5.74) is 2.00. The highest BCUT2D eigenvalue weighted by atomic mass is 32.1. The SMILES string of the molecule is CCN(C)CCOc1ccc(C(=O)c2c(-c3ccc(O)cc3)sc3cc(O)ccc23)cc1. The summed E-state index contributed by atoms with van der Waals surface area (Å²) >= 11 is 1.45. The lowest BCUT2D eigenvalue weighted by Crippen LogP contribution is -2.23. The number of phenolic OH excluding ortho intramolecular Hbond substituents is 2. The van der Waals surface area contributed by atoms with Crippen molar-refractivity contribution in [3.8, 4) is 27.7 Å². The molecular weight excluding hydrogens is 422 g/mol. The Morgan fingerprint density at radius 2 is 1.66 bits per heavy atom. The van der Waals surface area contributed by atoms with Gasteiger partial charge in [-0.1, -0.05) is 6.92 Å². The van der Waals surface area contributed by atoms with Crippen molar-refractivity contribution in [2.75, 3.05) is 26.7 Å². The second-order valence-corrected chi connectivity index (χ2v) is 8.68. The van der Waals surface area contributed by atoms with Crippen LogP contribution in [0.4, 0.5) is 0 Å². The highest BCUT2D eigenvalue weighted by molar-refractivity contribution is 7.22. The molecule has 0 radical (unpaired) electrons. The quantitative estimate of drug-likeness (QED) is 0.347. The molecule has 3 aromatic carbocycles. The molecule has 1 heterocycles. The van der Waals surface area contributed by atoms with Gasteiger partial charge in [0.1, 0.15) is 23.9 Å². The van der Waals surface area contributed by atoms with Crippen molar-refractivity contribution in [1.82, 2.24) is 4.90 Å². The van der Waals surface area contributed by atoms with Crippen LogP contribution in [-0.4, -0.2) is 47.6 Å². The molecule has 164 valence electrons. The largest absolute Gasteiger partial charge is 0.508 e. The van der Waals surface area contributed by atoms with Gasteiger partial charge in [-0.3, -0.25) is 4.79 Å². The second-order valence-electron chi connectivity index (χ2n) is 7.63. The number of phenols is 2. The highest BCUT2D eigenvalue weighted by Gasteiger charge is 2.22. The van der Waals surface area contributed by atoms with Crippen LogP contribution in [0.1, 0.15) is 22.8 Å². The first-order valence-electron chi connectivity index (χ1n) is 10.5. The summed E-state index contributed by atoms with van der Waals surface area (Å²) in [5.74, 6) is 0.957. The van der Waals surface area contributed by atoms with Gasteiger partial charge < -0.3 is 19.8 Å². The molecule has 32 heavy (non-hydrogen) atoms. The summed E-state index contributed by atoms with van der Waals surface area (Å²) < 4.78 is 6.62. The van der Waals surface area contributed by atoms with Gasteiger partial charge in [-0.25, -0.2) is 0 Å². The van der Waals surface area contributed by atoms with Gasteiger partial charge >= 0.3 is 0 Å². The van der Waals surface area contributed by atoms with E-state index in [0.717, 1.165) is 39.4 Å². The number of nitrogens with zero attached hydrogens (tertiary/aromatic N) is 1. The van der Waals surface area contributed by atoms with Crippen LogP contribution in [0, 0.1) is 0 Å². The Kier molecular flexibility index (Phi) is 6.44. The molecule has 0 amide bonds. The van der Waals surface area contributed by atoms with Gasteiger partial charge in [0.15, 0.2) is 5.78 Å². The van der Waals surface area contributed by atoms with Crippen LogP contribution in [-0.2, 0) is 0 Å². The van der Waals surface area contributed by atoms with Gasteiger partial charge in [-0.05, 0) is 85.9 Å². The molecule has 0 bridgehead atoms. The number of ketones is 1. The summed E-state index contributed by atoms with van der Waals surface area (Å²) in [4.78, 5) is 16.5. The number of ether oxygens (including phenoxy) is 1. The van der Waals surface area contributed by atoms with Crippen molar-refractivity contribution in [3.63, 3.8) is 0 Å². The summed E-state index contributed by atoms with van der Waals surface area (Å²) in [6.45, 7) is 4.48. The Labute approximate surface area is 191 Å². The molecule has 0 spiro atoms. The Bertz CT molecular complexity index is 1230. The average molecular weight is 448 g/mol. The van der Waals surface area contributed by atoms with Crippen LogP contribution < -0.4 is 4.74 Å². The predicted molar refractivity (Wildman–Crippen MR) is 129 cm³/mol. The molecule has 5 nitrogen and oxygen atoms in total. The van der Waals surface area contributed by atoms with Crippen LogP contribution in [0.2, 0.25) is 0 Å². The maximum atomic E-state index is 13.6. The molecule has 1 aromatic heterocycles. The van der Waals surface area contributed by atoms with Gasteiger partial charge in [0.05, 0.1) is 0 Å². The van der Waals surface area contributed by atoms with E-state index in [0.29, 0.717) is 17.7 Å². The third-order valence-corrected chi connectivity index (χ3v) is 6.63. The first-order valence-corrected chi connectivity index (χ1v) is 11.3.